The zero-order chi connectivity index (χ0) is 24.9. The van der Waals surface area contributed by atoms with Gasteiger partial charge in [-0.15, -0.1) is 22.7 Å². The van der Waals surface area contributed by atoms with Crippen molar-refractivity contribution < 1.29 is 14.7 Å². The van der Waals surface area contributed by atoms with E-state index in [0.29, 0.717) is 47.2 Å². The Morgan fingerprint density at radius 1 is 1.09 bits per heavy atom. The van der Waals surface area contributed by atoms with E-state index in [0.717, 1.165) is 11.3 Å². The molecule has 0 saturated heterocycles. The number of aromatic hydroxyl groups is 1. The lowest BCUT2D eigenvalue weighted by atomic mass is 10.1. The van der Waals surface area contributed by atoms with E-state index < -0.39 is 5.91 Å². The predicted octanol–water partition coefficient (Wildman–Crippen LogP) is 5.36. The van der Waals surface area contributed by atoms with Crippen LogP contribution in [0, 0.1) is 0 Å². The average Bonchev–Trinajstić information content (AvgIpc) is 3.51. The third kappa shape index (κ3) is 5.85. The van der Waals surface area contributed by atoms with Gasteiger partial charge < -0.3 is 10.4 Å². The number of carbonyl (C=O) groups is 2. The fourth-order valence-electron chi connectivity index (χ4n) is 2.97. The number of halogens is 2. The van der Waals surface area contributed by atoms with Crippen molar-refractivity contribution >= 4 is 63.4 Å². The van der Waals surface area contributed by atoms with E-state index in [-0.39, 0.29) is 18.2 Å². The molecular formula is C23H17Cl2N5O3S2. The summed E-state index contributed by atoms with van der Waals surface area (Å²) >= 11 is 14.4. The van der Waals surface area contributed by atoms with E-state index in [1.807, 2.05) is 0 Å². The van der Waals surface area contributed by atoms with Gasteiger partial charge in [-0.25, -0.2) is 5.43 Å². The normalized spacial score (nSPS) is 11.3. The van der Waals surface area contributed by atoms with Gasteiger partial charge in [-0.2, -0.15) is 15.3 Å². The number of hydrazone groups is 1. The lowest BCUT2D eigenvalue weighted by Gasteiger charge is -2.04. The number of hydrogen-bond donors (Lipinski definition) is 3. The molecule has 0 fully saturated rings. The number of hydrogen-bond acceptors (Lipinski definition) is 8. The number of nitrogens with one attached hydrogen (secondary N) is 2. The molecule has 3 heterocycles. The molecule has 0 aliphatic rings. The first kappa shape index (κ1) is 24.8. The molecular weight excluding hydrogens is 529 g/mol. The summed E-state index contributed by atoms with van der Waals surface area (Å²) in [7, 11) is 0. The minimum Gasteiger partial charge on any atom is -0.506 e. The highest BCUT2D eigenvalue weighted by Gasteiger charge is 2.17. The van der Waals surface area contributed by atoms with E-state index in [1.165, 1.54) is 11.3 Å². The highest BCUT2D eigenvalue weighted by molar-refractivity contribution is 7.16. The number of thiophene rings is 2. The molecule has 0 atom stereocenters. The first-order valence-corrected chi connectivity index (χ1v) is 12.5. The van der Waals surface area contributed by atoms with Crippen LogP contribution in [0.5, 0.6) is 5.75 Å². The quantitative estimate of drug-likeness (QED) is 0.213. The maximum absolute atomic E-state index is 12.5. The molecule has 0 spiro atoms. The Morgan fingerprint density at radius 2 is 1.86 bits per heavy atom. The molecule has 178 valence electrons. The molecule has 2 amide bonds. The number of carbonyl (C=O) groups excluding carboxylic acids is 2. The molecule has 12 heteroatoms. The number of aromatic nitrogens is 2. The van der Waals surface area contributed by atoms with Gasteiger partial charge in [0.25, 0.3) is 11.8 Å². The van der Waals surface area contributed by atoms with Gasteiger partial charge in [-0.1, -0.05) is 29.3 Å². The summed E-state index contributed by atoms with van der Waals surface area (Å²) in [4.78, 5) is 26.2. The van der Waals surface area contributed by atoms with Crippen LogP contribution in [0.4, 0.5) is 0 Å². The predicted molar refractivity (Wildman–Crippen MR) is 139 cm³/mol. The van der Waals surface area contributed by atoms with Crippen molar-refractivity contribution in [3.05, 3.63) is 85.1 Å². The second kappa shape index (κ2) is 11.0. The molecule has 3 aromatic heterocycles. The summed E-state index contributed by atoms with van der Waals surface area (Å²) in [5.41, 5.74) is 4.70. The molecule has 4 aromatic rings. The van der Waals surface area contributed by atoms with Crippen molar-refractivity contribution in [3.8, 4) is 16.2 Å². The number of amides is 2. The summed E-state index contributed by atoms with van der Waals surface area (Å²) in [5.74, 6) is -0.763. The van der Waals surface area contributed by atoms with Crippen molar-refractivity contribution in [1.82, 2.24) is 20.9 Å². The van der Waals surface area contributed by atoms with Crippen molar-refractivity contribution in [2.75, 3.05) is 0 Å². The molecule has 0 unspecified atom stereocenters. The van der Waals surface area contributed by atoms with Crippen molar-refractivity contribution in [2.45, 2.75) is 13.5 Å². The lowest BCUT2D eigenvalue weighted by molar-refractivity contribution is 0.0949. The van der Waals surface area contributed by atoms with Crippen molar-refractivity contribution in [2.24, 2.45) is 5.10 Å². The molecule has 0 radical (unpaired) electrons. The third-order valence-electron chi connectivity index (χ3n) is 4.77. The second-order valence-electron chi connectivity index (χ2n) is 7.16. The van der Waals surface area contributed by atoms with Crippen molar-refractivity contribution in [3.63, 3.8) is 0 Å². The van der Waals surface area contributed by atoms with E-state index in [2.05, 4.69) is 26.0 Å². The monoisotopic (exact) mass is 545 g/mol. The van der Waals surface area contributed by atoms with Crippen LogP contribution >= 0.6 is 45.9 Å². The fourth-order valence-corrected chi connectivity index (χ4v) is 5.08. The Morgan fingerprint density at radius 3 is 2.57 bits per heavy atom. The summed E-state index contributed by atoms with van der Waals surface area (Å²) in [6, 6.07) is 11.7. The minimum absolute atomic E-state index is 0.0297. The zero-order valence-electron chi connectivity index (χ0n) is 18.1. The molecule has 0 bridgehead atoms. The summed E-state index contributed by atoms with van der Waals surface area (Å²) in [5, 5.41) is 27.7. The summed E-state index contributed by atoms with van der Waals surface area (Å²) < 4.78 is 0. The molecule has 0 saturated carbocycles. The van der Waals surface area contributed by atoms with Gasteiger partial charge in [0.1, 0.15) is 5.75 Å². The highest BCUT2D eigenvalue weighted by atomic mass is 35.5. The number of rotatable bonds is 7. The summed E-state index contributed by atoms with van der Waals surface area (Å²) in [6.45, 7) is 1.89. The first-order chi connectivity index (χ1) is 16.8. The molecule has 3 N–H and O–H groups in total. The van der Waals surface area contributed by atoms with Crippen LogP contribution in [0.1, 0.15) is 37.5 Å². The SMILES string of the molecule is CC(=NNC(=O)c1ccc(C(=O)NCc2cccnn2)s1)c1csc(-c2ccc(Cl)c(Cl)c2)c1O. The van der Waals surface area contributed by atoms with Gasteiger partial charge >= 0.3 is 0 Å². The second-order valence-corrected chi connectivity index (χ2v) is 9.93. The van der Waals surface area contributed by atoms with Gasteiger partial charge in [0.15, 0.2) is 0 Å². The lowest BCUT2D eigenvalue weighted by Crippen LogP contribution is -2.22. The van der Waals surface area contributed by atoms with E-state index in [4.69, 9.17) is 23.2 Å². The van der Waals surface area contributed by atoms with E-state index in [1.54, 1.807) is 61.0 Å². The molecule has 4 rings (SSSR count). The number of benzene rings is 1. The maximum Gasteiger partial charge on any atom is 0.281 e. The van der Waals surface area contributed by atoms with Gasteiger partial charge in [0, 0.05) is 11.6 Å². The Kier molecular flexibility index (Phi) is 7.76. The smallest absolute Gasteiger partial charge is 0.281 e. The standard InChI is InChI=1S/C23H17Cl2N5O3S2/c1-12(15-11-34-21(20(15)31)13-4-5-16(24)17(25)9-13)28-30-23(33)19-7-6-18(35-19)22(32)26-10-14-3-2-8-27-29-14/h2-9,11,31H,10H2,1H3,(H,26,32)(H,30,33). The van der Waals surface area contributed by atoms with Crippen LogP contribution in [-0.4, -0.2) is 32.8 Å². The zero-order valence-corrected chi connectivity index (χ0v) is 21.2. The first-order valence-electron chi connectivity index (χ1n) is 10.1. The van der Waals surface area contributed by atoms with Crippen LogP contribution in [0.2, 0.25) is 10.0 Å². The van der Waals surface area contributed by atoms with Gasteiger partial charge in [-0.05, 0) is 48.9 Å². The fraction of sp³-hybridized carbons (Fsp3) is 0.0870. The van der Waals surface area contributed by atoms with Gasteiger partial charge in [0.2, 0.25) is 0 Å². The van der Waals surface area contributed by atoms with Crippen LogP contribution < -0.4 is 10.7 Å². The van der Waals surface area contributed by atoms with E-state index >= 15 is 0 Å². The van der Waals surface area contributed by atoms with Crippen molar-refractivity contribution in [1.29, 1.82) is 0 Å². The molecule has 8 nitrogen and oxygen atoms in total. The molecule has 1 aromatic carbocycles. The molecule has 0 aliphatic heterocycles. The third-order valence-corrected chi connectivity index (χ3v) is 7.61. The number of nitrogens with zero attached hydrogens (tertiary/aromatic N) is 3. The van der Waals surface area contributed by atoms with Crippen LogP contribution in [0.25, 0.3) is 10.4 Å². The van der Waals surface area contributed by atoms with Gasteiger partial charge in [-0.3, -0.25) is 9.59 Å². The van der Waals surface area contributed by atoms with Crippen LogP contribution in [-0.2, 0) is 6.54 Å². The highest BCUT2D eigenvalue weighted by Crippen LogP contribution is 2.40. The summed E-state index contributed by atoms with van der Waals surface area (Å²) in [6.07, 6.45) is 1.55. The molecule has 0 aliphatic carbocycles. The van der Waals surface area contributed by atoms with Crippen LogP contribution in [0.15, 0.2) is 59.1 Å². The topological polar surface area (TPSA) is 117 Å². The molecule has 35 heavy (non-hydrogen) atoms. The Bertz CT molecular complexity index is 1420. The van der Waals surface area contributed by atoms with Gasteiger partial charge in [0.05, 0.1) is 48.2 Å². The maximum atomic E-state index is 12.5. The Balaban J connectivity index is 1.40. The average molecular weight is 546 g/mol. The Hall–Kier alpha value is -3.31. The minimum atomic E-state index is -0.471. The van der Waals surface area contributed by atoms with Crippen LogP contribution in [0.3, 0.4) is 0 Å². The Labute approximate surface area is 218 Å². The largest absolute Gasteiger partial charge is 0.506 e. The van der Waals surface area contributed by atoms with E-state index in [9.17, 15) is 14.7 Å².